The van der Waals surface area contributed by atoms with Crippen LogP contribution in [0.2, 0.25) is 0 Å². The number of furan rings is 1. The molecule has 0 saturated heterocycles. The monoisotopic (exact) mass is 917 g/mol. The highest BCUT2D eigenvalue weighted by atomic mass is 16.3. The van der Waals surface area contributed by atoms with E-state index in [-0.39, 0.29) is 0 Å². The van der Waals surface area contributed by atoms with Crippen molar-refractivity contribution in [2.24, 2.45) is 0 Å². The normalized spacial score (nSPS) is 12.4. The van der Waals surface area contributed by atoms with E-state index in [9.17, 15) is 0 Å². The van der Waals surface area contributed by atoms with E-state index in [1.807, 2.05) is 0 Å². The highest BCUT2D eigenvalue weighted by Gasteiger charge is 2.25. The summed E-state index contributed by atoms with van der Waals surface area (Å²) in [4.78, 5) is 16.6. The van der Waals surface area contributed by atoms with Gasteiger partial charge >= 0.3 is 0 Å². The van der Waals surface area contributed by atoms with Crippen LogP contribution in [-0.2, 0) is 6.42 Å². The summed E-state index contributed by atoms with van der Waals surface area (Å²) < 4.78 is 11.7. The lowest BCUT2D eigenvalue weighted by molar-refractivity contribution is 0.672. The summed E-state index contributed by atoms with van der Waals surface area (Å²) in [6, 6.07) is 80.5. The van der Waals surface area contributed by atoms with E-state index in [0.29, 0.717) is 17.5 Å². The van der Waals surface area contributed by atoms with Gasteiger partial charge in [0.2, 0.25) is 0 Å². The molecule has 0 saturated carbocycles. The number of nitrogens with zero attached hydrogens (tertiary/aromatic N) is 5. The Morgan fingerprint density at radius 3 is 1.76 bits per heavy atom. The predicted octanol–water partition coefficient (Wildman–Crippen LogP) is 16.8. The van der Waals surface area contributed by atoms with Crippen LogP contribution < -0.4 is 0 Å². The molecule has 4 heterocycles. The number of para-hydroxylation sites is 3. The fraction of sp³-hybridized carbons (Fsp3) is 0.0152. The summed E-state index contributed by atoms with van der Waals surface area (Å²) >= 11 is 0. The molecule has 72 heavy (non-hydrogen) atoms. The molecule has 16 rings (SSSR count). The number of benzene rings is 11. The van der Waals surface area contributed by atoms with Gasteiger partial charge in [0.05, 0.1) is 27.8 Å². The van der Waals surface area contributed by atoms with E-state index < -0.39 is 0 Å². The van der Waals surface area contributed by atoms with E-state index in [4.69, 9.17) is 19.4 Å². The average molecular weight is 918 g/mol. The van der Waals surface area contributed by atoms with Crippen molar-refractivity contribution in [1.82, 2.24) is 24.1 Å². The van der Waals surface area contributed by atoms with Gasteiger partial charge in [-0.2, -0.15) is 0 Å². The van der Waals surface area contributed by atoms with Gasteiger partial charge in [-0.25, -0.2) is 15.0 Å². The highest BCUT2D eigenvalue weighted by Crippen LogP contribution is 2.44. The van der Waals surface area contributed by atoms with Crippen LogP contribution in [0.25, 0.3) is 144 Å². The SMILES string of the molecule is c1ccc(-n2c3ccccc3c3ccc(-c4nc(-c5ccc6c(c5)-c5ccccc5C6)nc(-c5cc6c(cc5-n5c7ccccc7c7cc8ccccc8cc75)oc5c7ccccc7ccc65)n4)cc32)cc1. The largest absolute Gasteiger partial charge is 0.455 e. The zero-order valence-corrected chi connectivity index (χ0v) is 38.7. The topological polar surface area (TPSA) is 61.7 Å². The van der Waals surface area contributed by atoms with Crippen LogP contribution in [0.15, 0.2) is 229 Å². The minimum atomic E-state index is 0.568. The van der Waals surface area contributed by atoms with Crippen molar-refractivity contribution < 1.29 is 4.42 Å². The molecule has 334 valence electrons. The van der Waals surface area contributed by atoms with Gasteiger partial charge in [-0.15, -0.1) is 0 Å². The number of fused-ring (bicyclic) bond motifs is 15. The molecule has 0 atom stereocenters. The zero-order valence-electron chi connectivity index (χ0n) is 38.7. The molecule has 4 aromatic heterocycles. The van der Waals surface area contributed by atoms with Crippen LogP contribution in [0.4, 0.5) is 0 Å². The first kappa shape index (κ1) is 39.2. The Bertz CT molecular complexity index is 4790. The molecule has 0 N–H and O–H groups in total. The molecule has 0 unspecified atom stereocenters. The summed E-state index contributed by atoms with van der Waals surface area (Å²) in [5.41, 5.74) is 15.8. The molecule has 0 amide bonds. The molecular formula is C66H39N5O. The van der Waals surface area contributed by atoms with E-state index >= 15 is 0 Å². The first-order valence-electron chi connectivity index (χ1n) is 24.5. The second kappa shape index (κ2) is 14.9. The van der Waals surface area contributed by atoms with Crippen molar-refractivity contribution in [1.29, 1.82) is 0 Å². The Hall–Kier alpha value is -9.65. The van der Waals surface area contributed by atoms with Crippen molar-refractivity contribution >= 4 is 87.1 Å². The van der Waals surface area contributed by atoms with Gasteiger partial charge < -0.3 is 13.6 Å². The number of rotatable bonds is 5. The lowest BCUT2D eigenvalue weighted by Crippen LogP contribution is -2.04. The number of hydrogen-bond donors (Lipinski definition) is 0. The molecule has 0 spiro atoms. The number of hydrogen-bond acceptors (Lipinski definition) is 4. The minimum Gasteiger partial charge on any atom is -0.455 e. The smallest absolute Gasteiger partial charge is 0.166 e. The van der Waals surface area contributed by atoms with Gasteiger partial charge in [-0.05, 0) is 105 Å². The molecule has 0 radical (unpaired) electrons. The third kappa shape index (κ3) is 5.75. The maximum atomic E-state index is 6.99. The Balaban J connectivity index is 1.01. The Morgan fingerprint density at radius 2 is 0.931 bits per heavy atom. The van der Waals surface area contributed by atoms with Crippen molar-refractivity contribution in [2.45, 2.75) is 6.42 Å². The average Bonchev–Trinajstić information content (AvgIpc) is 4.19. The summed E-state index contributed by atoms with van der Waals surface area (Å²) in [5.74, 6) is 1.76. The molecule has 11 aromatic carbocycles. The summed E-state index contributed by atoms with van der Waals surface area (Å²) in [5, 5.41) is 11.3. The Labute approximate surface area is 412 Å². The van der Waals surface area contributed by atoms with Crippen molar-refractivity contribution in [2.75, 3.05) is 0 Å². The quantitative estimate of drug-likeness (QED) is 0.173. The van der Waals surface area contributed by atoms with Crippen LogP contribution in [-0.4, -0.2) is 24.1 Å². The maximum absolute atomic E-state index is 6.99. The van der Waals surface area contributed by atoms with Crippen LogP contribution in [0.5, 0.6) is 0 Å². The van der Waals surface area contributed by atoms with Crippen LogP contribution in [0.3, 0.4) is 0 Å². The number of aromatic nitrogens is 5. The maximum Gasteiger partial charge on any atom is 0.166 e. The molecule has 0 aliphatic heterocycles. The van der Waals surface area contributed by atoms with E-state index in [0.717, 1.165) is 105 Å². The van der Waals surface area contributed by atoms with Crippen molar-refractivity contribution in [3.63, 3.8) is 0 Å². The van der Waals surface area contributed by atoms with Gasteiger partial charge in [0, 0.05) is 66.1 Å². The van der Waals surface area contributed by atoms with E-state index in [1.165, 1.54) is 38.4 Å². The Morgan fingerprint density at radius 1 is 0.333 bits per heavy atom. The Kier molecular flexibility index (Phi) is 8.13. The van der Waals surface area contributed by atoms with Gasteiger partial charge in [0.25, 0.3) is 0 Å². The molecule has 1 aliphatic carbocycles. The zero-order chi connectivity index (χ0) is 47.0. The molecule has 0 bridgehead atoms. The second-order valence-corrected chi connectivity index (χ2v) is 19.1. The van der Waals surface area contributed by atoms with Gasteiger partial charge in [-0.1, -0.05) is 158 Å². The summed E-state index contributed by atoms with van der Waals surface area (Å²) in [7, 11) is 0. The molecular weight excluding hydrogens is 879 g/mol. The van der Waals surface area contributed by atoms with E-state index in [1.54, 1.807) is 0 Å². The summed E-state index contributed by atoms with van der Waals surface area (Å²) in [6.07, 6.45) is 0.903. The fourth-order valence-electron chi connectivity index (χ4n) is 11.8. The standard InChI is InChI=1S/C66H39N5O/c1-2-18-46(19-3-1)70-57-24-12-10-22-49(57)51-30-29-45(36-59(51)70)65-67-64(44-27-26-43-32-42-17-7-8-20-47(42)53(43)34-44)68-66(69-65)56-37-55-52-31-28-39-14-6-9-21-48(39)63(52)72-62(55)38-61(56)71-58-25-13-11-23-50(58)54-33-40-15-4-5-16-41(40)35-60(54)71/h1-31,33-38H,32H2. The van der Waals surface area contributed by atoms with Crippen LogP contribution >= 0.6 is 0 Å². The second-order valence-electron chi connectivity index (χ2n) is 19.1. The van der Waals surface area contributed by atoms with Gasteiger partial charge in [0.15, 0.2) is 17.5 Å². The molecule has 6 heteroatoms. The minimum absolute atomic E-state index is 0.568. The van der Waals surface area contributed by atoms with Crippen molar-refractivity contribution in [3.05, 3.63) is 236 Å². The van der Waals surface area contributed by atoms with Crippen LogP contribution in [0.1, 0.15) is 11.1 Å². The highest BCUT2D eigenvalue weighted by molar-refractivity contribution is 6.18. The predicted molar refractivity (Wildman–Crippen MR) is 295 cm³/mol. The molecule has 0 fully saturated rings. The summed E-state index contributed by atoms with van der Waals surface area (Å²) in [6.45, 7) is 0. The van der Waals surface area contributed by atoms with Gasteiger partial charge in [-0.3, -0.25) is 0 Å². The molecule has 6 nitrogen and oxygen atoms in total. The van der Waals surface area contributed by atoms with Gasteiger partial charge in [0.1, 0.15) is 11.2 Å². The third-order valence-corrected chi connectivity index (χ3v) is 15.1. The molecule has 1 aliphatic rings. The molecule has 15 aromatic rings. The third-order valence-electron chi connectivity index (χ3n) is 15.1. The first-order chi connectivity index (χ1) is 35.7. The lowest BCUT2D eigenvalue weighted by atomic mass is 10.0. The lowest BCUT2D eigenvalue weighted by Gasteiger charge is -2.16. The van der Waals surface area contributed by atoms with Crippen molar-refractivity contribution in [3.8, 4) is 56.7 Å². The van der Waals surface area contributed by atoms with E-state index in [2.05, 4.69) is 234 Å². The first-order valence-corrected chi connectivity index (χ1v) is 24.5. The van der Waals surface area contributed by atoms with Crippen LogP contribution in [0, 0.1) is 0 Å². The fourth-order valence-corrected chi connectivity index (χ4v) is 11.8.